The van der Waals surface area contributed by atoms with Gasteiger partial charge in [-0.1, -0.05) is 83.7 Å². The molecule has 0 aliphatic heterocycles. The molecule has 0 unspecified atom stereocenters. The van der Waals surface area contributed by atoms with E-state index in [1.54, 1.807) is 0 Å². The summed E-state index contributed by atoms with van der Waals surface area (Å²) < 4.78 is 12.7. The van der Waals surface area contributed by atoms with Gasteiger partial charge in [0.2, 0.25) is 5.89 Å². The standard InChI is InChI=1S/C45H23B5N2O2/c46-39-38(40(47)42(49)43(50)41(39)48)26-13-16-28(17-14-26)52(30-19-21-36-33(23-30)31-8-4-5-9-35(31)53-36)29-18-12-24-10-11-25-15-20-34-44(37(25)32(24)22-29)54-45(51-34)27-6-2-1-3-7-27/h1-23H. The van der Waals surface area contributed by atoms with Crippen LogP contribution in [0.4, 0.5) is 17.1 Å². The molecule has 2 heterocycles. The van der Waals surface area contributed by atoms with Crippen LogP contribution in [0.3, 0.4) is 0 Å². The SMILES string of the molecule is [B]c1c([B])c([B])c(-c2ccc(N(c3ccc4oc5ccccc5c4c3)c3ccc4ccc5ccc6nc(-c7ccccc7)oc6c5c4c3)cc2)c([B])c1[B]. The number of oxazole rings is 1. The zero-order valence-electron chi connectivity index (χ0n) is 28.9. The molecule has 0 amide bonds. The summed E-state index contributed by atoms with van der Waals surface area (Å²) in [5.41, 5.74) is 9.38. The number of rotatable bonds is 5. The highest BCUT2D eigenvalue weighted by molar-refractivity contribution is 6.68. The molecule has 0 bridgehead atoms. The van der Waals surface area contributed by atoms with Crippen LogP contribution in [0.5, 0.6) is 0 Å². The summed E-state index contributed by atoms with van der Waals surface area (Å²) in [5.74, 6) is 0.583. The third kappa shape index (κ3) is 5.03. The second-order valence-electron chi connectivity index (χ2n) is 13.5. The van der Waals surface area contributed by atoms with Crippen molar-refractivity contribution >= 4 is 138 Å². The predicted molar refractivity (Wildman–Crippen MR) is 229 cm³/mol. The summed E-state index contributed by atoms with van der Waals surface area (Å²) in [6.07, 6.45) is 0. The highest BCUT2D eigenvalue weighted by atomic mass is 16.3. The monoisotopic (exact) mass is 678 g/mol. The van der Waals surface area contributed by atoms with E-state index in [9.17, 15) is 0 Å². The highest BCUT2D eigenvalue weighted by Crippen LogP contribution is 2.42. The molecule has 9 heteroatoms. The Morgan fingerprint density at radius 3 is 1.81 bits per heavy atom. The number of nitrogens with zero attached hydrogens (tertiary/aromatic N) is 2. The molecule has 10 rings (SSSR count). The van der Waals surface area contributed by atoms with Gasteiger partial charge in [-0.2, -0.15) is 0 Å². The molecule has 0 saturated heterocycles. The van der Waals surface area contributed by atoms with Crippen molar-refractivity contribution < 1.29 is 8.83 Å². The van der Waals surface area contributed by atoms with Gasteiger partial charge in [0.25, 0.3) is 0 Å². The predicted octanol–water partition coefficient (Wildman–Crippen LogP) is 6.81. The third-order valence-corrected chi connectivity index (χ3v) is 10.3. The molecule has 54 heavy (non-hydrogen) atoms. The fourth-order valence-corrected chi connectivity index (χ4v) is 7.59. The van der Waals surface area contributed by atoms with Crippen LogP contribution >= 0.6 is 0 Å². The quantitative estimate of drug-likeness (QED) is 0.148. The third-order valence-electron chi connectivity index (χ3n) is 10.3. The number of furan rings is 1. The first-order valence-corrected chi connectivity index (χ1v) is 17.5. The van der Waals surface area contributed by atoms with Gasteiger partial charge in [-0.25, -0.2) is 4.98 Å². The summed E-state index contributed by atoms with van der Waals surface area (Å²) in [6.45, 7) is 0. The van der Waals surface area contributed by atoms with Gasteiger partial charge in [0.1, 0.15) is 55.9 Å². The zero-order chi connectivity index (χ0) is 36.7. The second kappa shape index (κ2) is 12.4. The first-order chi connectivity index (χ1) is 26.3. The van der Waals surface area contributed by atoms with Crippen molar-refractivity contribution in [1.29, 1.82) is 0 Å². The van der Waals surface area contributed by atoms with Crippen molar-refractivity contribution in [3.05, 3.63) is 140 Å². The maximum Gasteiger partial charge on any atom is 0.227 e. The minimum Gasteiger partial charge on any atom is -0.456 e. The van der Waals surface area contributed by atoms with Gasteiger partial charge in [0.05, 0.1) is 0 Å². The highest BCUT2D eigenvalue weighted by Gasteiger charge is 2.20. The van der Waals surface area contributed by atoms with Crippen molar-refractivity contribution in [3.8, 4) is 22.6 Å². The molecule has 0 aliphatic carbocycles. The minimum atomic E-state index is 0.182. The zero-order valence-corrected chi connectivity index (χ0v) is 28.9. The van der Waals surface area contributed by atoms with Gasteiger partial charge in [-0.3, -0.25) is 0 Å². The number of hydrogen-bond donors (Lipinski definition) is 0. The van der Waals surface area contributed by atoms with E-state index >= 15 is 0 Å². The van der Waals surface area contributed by atoms with Crippen LogP contribution in [0.25, 0.3) is 77.2 Å². The molecule has 8 aromatic carbocycles. The van der Waals surface area contributed by atoms with Crippen LogP contribution in [0.2, 0.25) is 0 Å². The van der Waals surface area contributed by atoms with E-state index in [0.717, 1.165) is 82.8 Å². The maximum atomic E-state index is 6.54. The molecular formula is C45H23B5N2O2. The first-order valence-electron chi connectivity index (χ1n) is 17.5. The molecule has 10 radical (unpaired) electrons. The molecule has 0 saturated carbocycles. The van der Waals surface area contributed by atoms with Gasteiger partial charge in [0.15, 0.2) is 5.58 Å². The molecule has 0 atom stereocenters. The van der Waals surface area contributed by atoms with Gasteiger partial charge < -0.3 is 13.7 Å². The molecular weight excluding hydrogens is 655 g/mol. The van der Waals surface area contributed by atoms with Crippen molar-refractivity contribution in [2.45, 2.75) is 0 Å². The molecule has 4 nitrogen and oxygen atoms in total. The molecule has 0 aliphatic rings. The van der Waals surface area contributed by atoms with Crippen molar-refractivity contribution in [2.24, 2.45) is 0 Å². The lowest BCUT2D eigenvalue weighted by molar-refractivity contribution is 0.623. The number of aromatic nitrogens is 1. The largest absolute Gasteiger partial charge is 0.456 e. The number of benzene rings is 8. The van der Waals surface area contributed by atoms with Crippen LogP contribution in [0.15, 0.2) is 148 Å². The maximum absolute atomic E-state index is 6.54. The van der Waals surface area contributed by atoms with Gasteiger partial charge in [0, 0.05) is 38.8 Å². The summed E-state index contributed by atoms with van der Waals surface area (Å²) in [5, 5.41) is 6.23. The Kier molecular flexibility index (Phi) is 7.42. The van der Waals surface area contributed by atoms with Crippen LogP contribution in [-0.4, -0.2) is 44.2 Å². The fourth-order valence-electron chi connectivity index (χ4n) is 7.59. The smallest absolute Gasteiger partial charge is 0.227 e. The number of para-hydroxylation sites is 1. The number of hydrogen-bond acceptors (Lipinski definition) is 4. The lowest BCUT2D eigenvalue weighted by atomic mass is 9.60. The van der Waals surface area contributed by atoms with Crippen molar-refractivity contribution in [1.82, 2.24) is 4.98 Å². The fraction of sp³-hybridized carbons (Fsp3) is 0. The molecule has 10 aromatic rings. The number of fused-ring (bicyclic) bond motifs is 8. The average Bonchev–Trinajstić information content (AvgIpc) is 3.82. The summed E-state index contributed by atoms with van der Waals surface area (Å²) in [6, 6.07) is 47.2. The Morgan fingerprint density at radius 1 is 0.444 bits per heavy atom. The molecule has 0 N–H and O–H groups in total. The summed E-state index contributed by atoms with van der Waals surface area (Å²) in [7, 11) is 31.5. The van der Waals surface area contributed by atoms with Gasteiger partial charge in [-0.15, -0.1) is 16.4 Å². The van der Waals surface area contributed by atoms with Crippen molar-refractivity contribution in [3.63, 3.8) is 0 Å². The first kappa shape index (κ1) is 32.3. The van der Waals surface area contributed by atoms with Gasteiger partial charge in [-0.05, 0) is 94.0 Å². The van der Waals surface area contributed by atoms with E-state index in [4.69, 9.17) is 53.0 Å². The van der Waals surface area contributed by atoms with Crippen LogP contribution < -0.4 is 32.2 Å². The topological polar surface area (TPSA) is 42.4 Å². The lowest BCUT2D eigenvalue weighted by Crippen LogP contribution is -2.55. The van der Waals surface area contributed by atoms with E-state index in [0.29, 0.717) is 11.5 Å². The van der Waals surface area contributed by atoms with Gasteiger partial charge >= 0.3 is 0 Å². The van der Waals surface area contributed by atoms with E-state index in [1.807, 2.05) is 84.9 Å². The Balaban J connectivity index is 1.19. The van der Waals surface area contributed by atoms with Crippen molar-refractivity contribution in [2.75, 3.05) is 4.90 Å². The molecule has 2 aromatic heterocycles. The van der Waals surface area contributed by atoms with Crippen LogP contribution in [0, 0.1) is 0 Å². The Bertz CT molecular complexity index is 3090. The second-order valence-corrected chi connectivity index (χ2v) is 13.5. The van der Waals surface area contributed by atoms with E-state index in [-0.39, 0.29) is 27.3 Å². The Morgan fingerprint density at radius 2 is 1.04 bits per heavy atom. The average molecular weight is 678 g/mol. The van der Waals surface area contributed by atoms with E-state index in [2.05, 4.69) is 59.5 Å². The van der Waals surface area contributed by atoms with E-state index < -0.39 is 0 Å². The number of anilines is 3. The minimum absolute atomic E-state index is 0.182. The molecule has 0 spiro atoms. The van der Waals surface area contributed by atoms with Crippen LogP contribution in [-0.2, 0) is 0 Å². The Hall–Kier alpha value is -6.33. The van der Waals surface area contributed by atoms with E-state index in [1.165, 1.54) is 0 Å². The summed E-state index contributed by atoms with van der Waals surface area (Å²) in [4.78, 5) is 7.10. The van der Waals surface area contributed by atoms with Crippen LogP contribution in [0.1, 0.15) is 0 Å². The lowest BCUT2D eigenvalue weighted by Gasteiger charge is -2.27. The Labute approximate surface area is 317 Å². The molecule has 240 valence electrons. The normalized spacial score (nSPS) is 11.7. The summed E-state index contributed by atoms with van der Waals surface area (Å²) >= 11 is 0. The molecule has 0 fully saturated rings.